The highest BCUT2D eigenvalue weighted by Crippen LogP contribution is 2.32. The average Bonchev–Trinajstić information content (AvgIpc) is 3.50. The molecule has 3 aromatic heterocycles. The molecule has 0 radical (unpaired) electrons. The largest absolute Gasteiger partial charge is 0.497 e. The lowest BCUT2D eigenvalue weighted by molar-refractivity contribution is 0.101. The van der Waals surface area contributed by atoms with E-state index in [9.17, 15) is 9.59 Å². The maximum atomic E-state index is 13.5. The van der Waals surface area contributed by atoms with Gasteiger partial charge in [0.1, 0.15) is 29.2 Å². The van der Waals surface area contributed by atoms with E-state index in [0.717, 1.165) is 10.9 Å². The minimum atomic E-state index is -0.594. The van der Waals surface area contributed by atoms with Crippen LogP contribution < -0.4 is 25.1 Å². The number of ether oxygens (including phenoxy) is 3. The molecule has 0 spiro atoms. The van der Waals surface area contributed by atoms with Crippen LogP contribution in [0.25, 0.3) is 16.6 Å². The Bertz CT molecular complexity index is 1760. The van der Waals surface area contributed by atoms with Crippen LogP contribution >= 0.6 is 0 Å². The van der Waals surface area contributed by atoms with Gasteiger partial charge in [-0.05, 0) is 48.4 Å². The molecule has 0 fully saturated rings. The molecule has 1 atom stereocenters. The zero-order valence-electron chi connectivity index (χ0n) is 22.2. The van der Waals surface area contributed by atoms with E-state index in [2.05, 4.69) is 15.3 Å². The first-order valence-electron chi connectivity index (χ1n) is 12.9. The highest BCUT2D eigenvalue weighted by atomic mass is 16.5. The van der Waals surface area contributed by atoms with Gasteiger partial charge >= 0.3 is 0 Å². The fourth-order valence-corrected chi connectivity index (χ4v) is 4.67. The second-order valence-corrected chi connectivity index (χ2v) is 9.74. The first kappa shape index (κ1) is 25.2. The lowest BCUT2D eigenvalue weighted by atomic mass is 10.1. The summed E-state index contributed by atoms with van der Waals surface area (Å²) in [6, 6.07) is 19.8. The molecule has 40 heavy (non-hydrogen) atoms. The number of anilines is 1. The van der Waals surface area contributed by atoms with Gasteiger partial charge in [-0.3, -0.25) is 14.6 Å². The molecule has 0 unspecified atom stereocenters. The van der Waals surface area contributed by atoms with E-state index in [1.165, 1.54) is 10.9 Å². The molecule has 202 valence electrons. The van der Waals surface area contributed by atoms with E-state index >= 15 is 0 Å². The highest BCUT2D eigenvalue weighted by molar-refractivity contribution is 6.05. The number of rotatable bonds is 7. The number of hydrogen-bond acceptors (Lipinski definition) is 7. The summed E-state index contributed by atoms with van der Waals surface area (Å²) in [5.74, 6) is 1.91. The SMILES string of the molecule is COc1ccc2c(Oc3ccc(NC(=O)c4c5n(n(-c6ccccc6)c4=O)C[C@@H](C(C)C)O5)nc3)ccnc2c1. The van der Waals surface area contributed by atoms with Gasteiger partial charge in [0.25, 0.3) is 11.5 Å². The number of pyridine rings is 2. The Labute approximate surface area is 229 Å². The van der Waals surface area contributed by atoms with Crippen molar-refractivity contribution in [1.29, 1.82) is 0 Å². The van der Waals surface area contributed by atoms with Crippen molar-refractivity contribution in [3.8, 4) is 28.8 Å². The second-order valence-electron chi connectivity index (χ2n) is 9.74. The molecule has 5 aromatic rings. The molecule has 2 aromatic carbocycles. The van der Waals surface area contributed by atoms with Crippen molar-refractivity contribution in [3.63, 3.8) is 0 Å². The van der Waals surface area contributed by atoms with Crippen molar-refractivity contribution in [3.05, 3.63) is 95.0 Å². The molecule has 1 aliphatic heterocycles. The van der Waals surface area contributed by atoms with Gasteiger partial charge in [0.15, 0.2) is 5.56 Å². The summed E-state index contributed by atoms with van der Waals surface area (Å²) < 4.78 is 20.6. The van der Waals surface area contributed by atoms with Crippen molar-refractivity contribution in [2.45, 2.75) is 26.5 Å². The fourth-order valence-electron chi connectivity index (χ4n) is 4.67. The Hall–Kier alpha value is -5.12. The molecular formula is C30H27N5O5. The van der Waals surface area contributed by atoms with Gasteiger partial charge < -0.3 is 19.5 Å². The molecule has 0 saturated carbocycles. The van der Waals surface area contributed by atoms with E-state index < -0.39 is 11.5 Å². The van der Waals surface area contributed by atoms with Crippen LogP contribution in [0.15, 0.2) is 83.9 Å². The van der Waals surface area contributed by atoms with Gasteiger partial charge in [-0.2, -0.15) is 0 Å². The lowest BCUT2D eigenvalue weighted by Crippen LogP contribution is -2.30. The van der Waals surface area contributed by atoms with Gasteiger partial charge in [-0.1, -0.05) is 32.0 Å². The molecule has 1 amide bonds. The van der Waals surface area contributed by atoms with E-state index in [4.69, 9.17) is 14.2 Å². The van der Waals surface area contributed by atoms with Gasteiger partial charge in [0.05, 0.1) is 31.1 Å². The molecule has 0 bridgehead atoms. The van der Waals surface area contributed by atoms with E-state index in [1.807, 2.05) is 62.4 Å². The molecule has 1 aliphatic rings. The van der Waals surface area contributed by atoms with Gasteiger partial charge in [0, 0.05) is 17.6 Å². The molecule has 4 heterocycles. The minimum Gasteiger partial charge on any atom is -0.497 e. The molecule has 0 aliphatic carbocycles. The number of para-hydroxylation sites is 1. The Kier molecular flexibility index (Phi) is 6.43. The van der Waals surface area contributed by atoms with Crippen LogP contribution in [0.1, 0.15) is 24.2 Å². The van der Waals surface area contributed by atoms with Crippen LogP contribution in [0.4, 0.5) is 5.82 Å². The van der Waals surface area contributed by atoms with Crippen molar-refractivity contribution < 1.29 is 19.0 Å². The van der Waals surface area contributed by atoms with E-state index in [-0.39, 0.29) is 29.3 Å². The fraction of sp³-hybridized carbons (Fsp3) is 0.200. The number of nitrogens with zero attached hydrogens (tertiary/aromatic N) is 4. The third-order valence-electron chi connectivity index (χ3n) is 6.80. The minimum absolute atomic E-state index is 0.0622. The number of aromatic nitrogens is 4. The predicted molar refractivity (Wildman–Crippen MR) is 150 cm³/mol. The summed E-state index contributed by atoms with van der Waals surface area (Å²) >= 11 is 0. The number of carbonyl (C=O) groups is 1. The summed E-state index contributed by atoms with van der Waals surface area (Å²) in [7, 11) is 1.60. The van der Waals surface area contributed by atoms with Crippen LogP contribution in [-0.2, 0) is 6.54 Å². The van der Waals surface area contributed by atoms with Gasteiger partial charge in [0.2, 0.25) is 5.88 Å². The zero-order chi connectivity index (χ0) is 27.8. The normalized spacial score (nSPS) is 14.2. The first-order chi connectivity index (χ1) is 19.4. The van der Waals surface area contributed by atoms with E-state index in [0.29, 0.717) is 29.5 Å². The topological polar surface area (TPSA) is 110 Å². The summed E-state index contributed by atoms with van der Waals surface area (Å²) in [5.41, 5.74) is 0.870. The van der Waals surface area contributed by atoms with Crippen LogP contribution in [0.5, 0.6) is 23.1 Å². The molecule has 6 rings (SSSR count). The Morgan fingerprint density at radius 1 is 1.05 bits per heavy atom. The quantitative estimate of drug-likeness (QED) is 0.309. The lowest BCUT2D eigenvalue weighted by Gasteiger charge is -2.14. The number of hydrogen-bond donors (Lipinski definition) is 1. The monoisotopic (exact) mass is 537 g/mol. The molecule has 0 saturated heterocycles. The third kappa shape index (κ3) is 4.53. The number of carbonyl (C=O) groups excluding carboxylic acids is 1. The Morgan fingerprint density at radius 2 is 1.85 bits per heavy atom. The standard InChI is InChI=1S/C30H27N5O5/c1-18(2)25-17-34-30(40-25)27(29(37)35(34)19-7-5-4-6-8-19)28(36)33-26-12-10-21(16-32-26)39-24-13-14-31-23-15-20(38-3)9-11-22(23)24/h4-16,18,25H,17H2,1-3H3,(H,32,33,36)/t25-/m0/s1. The maximum Gasteiger partial charge on any atom is 0.288 e. The van der Waals surface area contributed by atoms with Crippen LogP contribution in [0.2, 0.25) is 0 Å². The smallest absolute Gasteiger partial charge is 0.288 e. The van der Waals surface area contributed by atoms with Crippen molar-refractivity contribution >= 4 is 22.6 Å². The van der Waals surface area contributed by atoms with Crippen LogP contribution in [0, 0.1) is 5.92 Å². The van der Waals surface area contributed by atoms with Gasteiger partial charge in [-0.15, -0.1) is 0 Å². The van der Waals surface area contributed by atoms with Crippen molar-refractivity contribution in [2.24, 2.45) is 5.92 Å². The van der Waals surface area contributed by atoms with Crippen LogP contribution in [-0.4, -0.2) is 38.5 Å². The predicted octanol–water partition coefficient (Wildman–Crippen LogP) is 5.05. The number of methoxy groups -OCH3 is 1. The summed E-state index contributed by atoms with van der Waals surface area (Å²) in [6.45, 7) is 4.55. The number of nitrogens with one attached hydrogen (secondary N) is 1. The zero-order valence-corrected chi connectivity index (χ0v) is 22.2. The number of benzene rings is 2. The molecule has 10 nitrogen and oxygen atoms in total. The molecule has 10 heteroatoms. The third-order valence-corrected chi connectivity index (χ3v) is 6.80. The molecule has 1 N–H and O–H groups in total. The first-order valence-corrected chi connectivity index (χ1v) is 12.9. The summed E-state index contributed by atoms with van der Waals surface area (Å²) in [4.78, 5) is 35.6. The number of fused-ring (bicyclic) bond motifs is 2. The molecular weight excluding hydrogens is 510 g/mol. The van der Waals surface area contributed by atoms with Crippen molar-refractivity contribution in [2.75, 3.05) is 12.4 Å². The Morgan fingerprint density at radius 3 is 2.58 bits per heavy atom. The Balaban J connectivity index is 1.25. The maximum absolute atomic E-state index is 13.5. The van der Waals surface area contributed by atoms with Crippen molar-refractivity contribution in [1.82, 2.24) is 19.3 Å². The second kappa shape index (κ2) is 10.2. The summed E-state index contributed by atoms with van der Waals surface area (Å²) in [5, 5.41) is 3.55. The highest BCUT2D eigenvalue weighted by Gasteiger charge is 2.36. The van der Waals surface area contributed by atoms with Gasteiger partial charge in [-0.25, -0.2) is 14.3 Å². The number of amides is 1. The average molecular weight is 538 g/mol. The van der Waals surface area contributed by atoms with E-state index in [1.54, 1.807) is 36.2 Å². The van der Waals surface area contributed by atoms with Crippen LogP contribution in [0.3, 0.4) is 0 Å². The summed E-state index contributed by atoms with van der Waals surface area (Å²) in [6.07, 6.45) is 3.00.